The minimum absolute atomic E-state index is 0.587. The predicted molar refractivity (Wildman–Crippen MR) is 62.6 cm³/mol. The summed E-state index contributed by atoms with van der Waals surface area (Å²) >= 11 is 0. The molecule has 0 fully saturated rings. The first-order valence-corrected chi connectivity index (χ1v) is 5.80. The highest BCUT2D eigenvalue weighted by molar-refractivity contribution is 5.24. The van der Waals surface area contributed by atoms with Gasteiger partial charge in [-0.1, -0.05) is 32.4 Å². The van der Waals surface area contributed by atoms with Crippen LogP contribution in [0.2, 0.25) is 0 Å². The third-order valence-electron chi connectivity index (χ3n) is 2.80. The molecule has 96 valence electrons. The lowest BCUT2D eigenvalue weighted by Gasteiger charge is -2.11. The molecule has 0 bridgehead atoms. The predicted octanol–water partition coefficient (Wildman–Crippen LogP) is 3.84. The fraction of sp³-hybridized carbons (Fsp3) is 0.538. The summed E-state index contributed by atoms with van der Waals surface area (Å²) < 4.78 is 36.9. The van der Waals surface area contributed by atoms with Crippen LogP contribution in [-0.2, 0) is 12.7 Å². The Hall–Kier alpha value is -1.03. The first-order chi connectivity index (χ1) is 7.93. The zero-order valence-corrected chi connectivity index (χ0v) is 10.1. The van der Waals surface area contributed by atoms with Gasteiger partial charge in [0.1, 0.15) is 0 Å². The van der Waals surface area contributed by atoms with Gasteiger partial charge in [0.2, 0.25) is 0 Å². The van der Waals surface area contributed by atoms with Gasteiger partial charge in [-0.15, -0.1) is 0 Å². The molecule has 0 aliphatic carbocycles. The Bertz CT molecular complexity index is 330. The number of hydrogen-bond acceptors (Lipinski definition) is 1. The highest BCUT2D eigenvalue weighted by Crippen LogP contribution is 2.28. The summed E-state index contributed by atoms with van der Waals surface area (Å²) in [6, 6.07) is 5.29. The van der Waals surface area contributed by atoms with Crippen molar-refractivity contribution in [3.63, 3.8) is 0 Å². The number of hydrogen-bond donors (Lipinski definition) is 1. The van der Waals surface area contributed by atoms with Gasteiger partial charge in [-0.3, -0.25) is 0 Å². The second-order valence-corrected chi connectivity index (χ2v) is 4.34. The van der Waals surface area contributed by atoms with Gasteiger partial charge in [0.05, 0.1) is 5.56 Å². The monoisotopic (exact) mass is 245 g/mol. The molecule has 17 heavy (non-hydrogen) atoms. The van der Waals surface area contributed by atoms with Gasteiger partial charge in [0, 0.05) is 6.54 Å². The van der Waals surface area contributed by atoms with E-state index >= 15 is 0 Å². The highest BCUT2D eigenvalue weighted by Gasteiger charge is 2.29. The zero-order valence-electron chi connectivity index (χ0n) is 10.1. The van der Waals surface area contributed by atoms with Crippen LogP contribution in [0, 0.1) is 5.92 Å². The fourth-order valence-corrected chi connectivity index (χ4v) is 1.42. The lowest BCUT2D eigenvalue weighted by molar-refractivity contribution is -0.137. The first-order valence-electron chi connectivity index (χ1n) is 5.80. The molecule has 1 atom stereocenters. The normalized spacial score (nSPS) is 13.7. The molecule has 0 spiro atoms. The van der Waals surface area contributed by atoms with E-state index in [2.05, 4.69) is 19.2 Å². The molecule has 1 nitrogen and oxygen atoms in total. The van der Waals surface area contributed by atoms with Crippen molar-refractivity contribution in [3.8, 4) is 0 Å². The number of halogens is 3. The molecule has 1 N–H and O–H groups in total. The number of nitrogens with one attached hydrogen (secondary N) is 1. The van der Waals surface area contributed by atoms with Crippen LogP contribution < -0.4 is 5.32 Å². The van der Waals surface area contributed by atoms with Crippen molar-refractivity contribution in [1.82, 2.24) is 5.32 Å². The largest absolute Gasteiger partial charge is 0.416 e. The first kappa shape index (κ1) is 14.0. The minimum atomic E-state index is -4.25. The third kappa shape index (κ3) is 4.77. The average molecular weight is 245 g/mol. The molecule has 0 saturated carbocycles. The molecule has 0 amide bonds. The molecule has 0 aliphatic heterocycles. The van der Waals surface area contributed by atoms with Crippen molar-refractivity contribution in [3.05, 3.63) is 35.4 Å². The molecule has 0 aliphatic rings. The second kappa shape index (κ2) is 6.05. The van der Waals surface area contributed by atoms with Gasteiger partial charge in [0.15, 0.2) is 0 Å². The second-order valence-electron chi connectivity index (χ2n) is 4.34. The summed E-state index contributed by atoms with van der Waals surface area (Å²) in [6.07, 6.45) is -3.15. The van der Waals surface area contributed by atoms with Gasteiger partial charge in [0.25, 0.3) is 0 Å². The Morgan fingerprint density at radius 1 is 1.18 bits per heavy atom. The van der Waals surface area contributed by atoms with Gasteiger partial charge >= 0.3 is 6.18 Å². The van der Waals surface area contributed by atoms with E-state index in [1.54, 1.807) is 0 Å². The molecule has 0 radical (unpaired) electrons. The maximum Gasteiger partial charge on any atom is 0.416 e. The summed E-state index contributed by atoms with van der Waals surface area (Å²) in [5.74, 6) is 0.587. The topological polar surface area (TPSA) is 12.0 Å². The van der Waals surface area contributed by atoms with E-state index < -0.39 is 11.7 Å². The maximum absolute atomic E-state index is 12.3. The molecule has 1 rings (SSSR count). The minimum Gasteiger partial charge on any atom is -0.312 e. The quantitative estimate of drug-likeness (QED) is 0.831. The summed E-state index contributed by atoms with van der Waals surface area (Å²) in [7, 11) is 0. The summed E-state index contributed by atoms with van der Waals surface area (Å²) in [5.41, 5.74) is 0.282. The van der Waals surface area contributed by atoms with Crippen molar-refractivity contribution < 1.29 is 13.2 Å². The Kier molecular flexibility index (Phi) is 5.00. The van der Waals surface area contributed by atoms with Gasteiger partial charge in [-0.2, -0.15) is 13.2 Å². The van der Waals surface area contributed by atoms with Crippen LogP contribution >= 0.6 is 0 Å². The number of alkyl halides is 3. The lowest BCUT2D eigenvalue weighted by Crippen LogP contribution is -2.20. The van der Waals surface area contributed by atoms with Crippen LogP contribution in [0.1, 0.15) is 31.4 Å². The lowest BCUT2D eigenvalue weighted by atomic mass is 10.1. The van der Waals surface area contributed by atoms with Crippen molar-refractivity contribution in [1.29, 1.82) is 0 Å². The van der Waals surface area contributed by atoms with E-state index in [9.17, 15) is 13.2 Å². The standard InChI is InChI=1S/C13H18F3N/c1-3-10(2)8-17-9-11-4-6-12(7-5-11)13(14,15)16/h4-7,10,17H,3,8-9H2,1-2H3. The molecule has 1 unspecified atom stereocenters. The van der Waals surface area contributed by atoms with E-state index in [0.29, 0.717) is 12.5 Å². The molecule has 4 heteroatoms. The number of benzene rings is 1. The van der Waals surface area contributed by atoms with E-state index in [4.69, 9.17) is 0 Å². The highest BCUT2D eigenvalue weighted by atomic mass is 19.4. The molecule has 0 saturated heterocycles. The van der Waals surface area contributed by atoms with Gasteiger partial charge < -0.3 is 5.32 Å². The van der Waals surface area contributed by atoms with E-state index in [-0.39, 0.29) is 0 Å². The Morgan fingerprint density at radius 2 is 1.76 bits per heavy atom. The van der Waals surface area contributed by atoms with E-state index in [0.717, 1.165) is 30.7 Å². The summed E-state index contributed by atoms with van der Waals surface area (Å²) in [4.78, 5) is 0. The van der Waals surface area contributed by atoms with Crippen LogP contribution in [0.15, 0.2) is 24.3 Å². The summed E-state index contributed by atoms with van der Waals surface area (Å²) in [6.45, 7) is 5.75. The summed E-state index contributed by atoms with van der Waals surface area (Å²) in [5, 5.41) is 3.23. The average Bonchev–Trinajstić information content (AvgIpc) is 2.28. The zero-order chi connectivity index (χ0) is 12.9. The molecule has 1 aromatic rings. The Morgan fingerprint density at radius 3 is 2.24 bits per heavy atom. The van der Waals surface area contributed by atoms with Crippen molar-refractivity contribution in [2.45, 2.75) is 33.0 Å². The van der Waals surface area contributed by atoms with E-state index in [1.165, 1.54) is 12.1 Å². The van der Waals surface area contributed by atoms with Crippen LogP contribution in [0.4, 0.5) is 13.2 Å². The van der Waals surface area contributed by atoms with Crippen LogP contribution in [0.3, 0.4) is 0 Å². The molecule has 1 aromatic carbocycles. The van der Waals surface area contributed by atoms with Crippen LogP contribution in [0.5, 0.6) is 0 Å². The number of rotatable bonds is 5. The van der Waals surface area contributed by atoms with Crippen LogP contribution in [0.25, 0.3) is 0 Å². The fourth-order valence-electron chi connectivity index (χ4n) is 1.42. The smallest absolute Gasteiger partial charge is 0.312 e. The van der Waals surface area contributed by atoms with Crippen molar-refractivity contribution in [2.75, 3.05) is 6.54 Å². The van der Waals surface area contributed by atoms with Gasteiger partial charge in [-0.05, 0) is 30.2 Å². The molecular weight excluding hydrogens is 227 g/mol. The molecular formula is C13H18F3N. The van der Waals surface area contributed by atoms with E-state index in [1.807, 2.05) is 0 Å². The van der Waals surface area contributed by atoms with Crippen LogP contribution in [-0.4, -0.2) is 6.54 Å². The van der Waals surface area contributed by atoms with Gasteiger partial charge in [-0.25, -0.2) is 0 Å². The molecule has 0 aromatic heterocycles. The Labute approximate surface area is 100 Å². The maximum atomic E-state index is 12.3. The Balaban J connectivity index is 2.46. The third-order valence-corrected chi connectivity index (χ3v) is 2.80. The van der Waals surface area contributed by atoms with Crippen molar-refractivity contribution >= 4 is 0 Å². The molecule has 0 heterocycles. The SMILES string of the molecule is CCC(C)CNCc1ccc(C(F)(F)F)cc1. The van der Waals surface area contributed by atoms with Crippen molar-refractivity contribution in [2.24, 2.45) is 5.92 Å².